The van der Waals surface area contributed by atoms with Crippen LogP contribution in [0.15, 0.2) is 29.2 Å². The van der Waals surface area contributed by atoms with Crippen LogP contribution in [0.25, 0.3) is 0 Å². The highest BCUT2D eigenvalue weighted by Gasteiger charge is 2.28. The zero-order valence-electron chi connectivity index (χ0n) is 14.9. The number of hydrogen-bond donors (Lipinski definition) is 2. The lowest BCUT2D eigenvalue weighted by Crippen LogP contribution is -2.46. The van der Waals surface area contributed by atoms with E-state index in [-0.39, 0.29) is 30.1 Å². The maximum absolute atomic E-state index is 12.7. The predicted octanol–water partition coefficient (Wildman–Crippen LogP) is 2.54. The Labute approximate surface area is 160 Å². The van der Waals surface area contributed by atoms with Crippen molar-refractivity contribution in [1.29, 1.82) is 0 Å². The summed E-state index contributed by atoms with van der Waals surface area (Å²) in [7, 11) is 0. The van der Waals surface area contributed by atoms with E-state index in [0.29, 0.717) is 37.0 Å². The number of nitrogens with two attached hydrogens (primary N) is 1. The number of benzene rings is 1. The molecule has 0 aliphatic carbocycles. The molecule has 1 saturated heterocycles. The molecule has 25 heavy (non-hydrogen) atoms. The Morgan fingerprint density at radius 3 is 2.60 bits per heavy atom. The number of piperidine rings is 1. The Balaban J connectivity index is 0.00000312. The molecule has 1 atom stereocenters. The van der Waals surface area contributed by atoms with Crippen LogP contribution in [0.3, 0.4) is 0 Å². The van der Waals surface area contributed by atoms with Crippen LogP contribution in [-0.2, 0) is 4.79 Å². The van der Waals surface area contributed by atoms with Crippen molar-refractivity contribution in [3.63, 3.8) is 0 Å². The van der Waals surface area contributed by atoms with E-state index in [4.69, 9.17) is 5.73 Å². The summed E-state index contributed by atoms with van der Waals surface area (Å²) in [4.78, 5) is 27.7. The molecule has 0 spiro atoms. The van der Waals surface area contributed by atoms with Gasteiger partial charge in [0.05, 0.1) is 5.92 Å². The third-order valence-corrected chi connectivity index (χ3v) is 5.01. The van der Waals surface area contributed by atoms with Crippen molar-refractivity contribution in [1.82, 2.24) is 10.2 Å². The molecule has 1 heterocycles. The van der Waals surface area contributed by atoms with Crippen molar-refractivity contribution in [3.05, 3.63) is 29.8 Å². The summed E-state index contributed by atoms with van der Waals surface area (Å²) in [6.45, 7) is 6.40. The first kappa shape index (κ1) is 21.8. The summed E-state index contributed by atoms with van der Waals surface area (Å²) >= 11 is 1.78. The maximum Gasteiger partial charge on any atom is 0.253 e. The van der Waals surface area contributed by atoms with Gasteiger partial charge >= 0.3 is 0 Å². The van der Waals surface area contributed by atoms with Crippen molar-refractivity contribution in [2.45, 2.75) is 36.8 Å². The molecular formula is C18H28ClN3O2S. The summed E-state index contributed by atoms with van der Waals surface area (Å²) in [6, 6.07) is 7.75. The Morgan fingerprint density at radius 1 is 1.32 bits per heavy atom. The van der Waals surface area contributed by atoms with Crippen LogP contribution < -0.4 is 11.1 Å². The van der Waals surface area contributed by atoms with Gasteiger partial charge in [-0.15, -0.1) is 24.2 Å². The number of likely N-dealkylation sites (tertiary alicyclic amines) is 1. The molecule has 5 nitrogen and oxygen atoms in total. The number of rotatable bonds is 6. The van der Waals surface area contributed by atoms with E-state index in [0.717, 1.165) is 12.8 Å². The minimum Gasteiger partial charge on any atom is -0.355 e. The largest absolute Gasteiger partial charge is 0.355 e. The number of halogens is 1. The average Bonchev–Trinajstić information content (AvgIpc) is 2.59. The second-order valence-electron chi connectivity index (χ2n) is 6.36. The molecule has 0 radical (unpaired) electrons. The quantitative estimate of drug-likeness (QED) is 0.738. The van der Waals surface area contributed by atoms with E-state index in [2.05, 4.69) is 19.2 Å². The fourth-order valence-electron chi connectivity index (χ4n) is 2.85. The number of amides is 2. The lowest BCUT2D eigenvalue weighted by molar-refractivity contribution is -0.126. The Morgan fingerprint density at radius 2 is 2.00 bits per heavy atom. The van der Waals surface area contributed by atoms with Crippen LogP contribution in [0.4, 0.5) is 0 Å². The first-order chi connectivity index (χ1) is 11.5. The molecule has 1 fully saturated rings. The minimum atomic E-state index is -0.134. The topological polar surface area (TPSA) is 75.4 Å². The van der Waals surface area contributed by atoms with E-state index >= 15 is 0 Å². The first-order valence-electron chi connectivity index (χ1n) is 8.55. The van der Waals surface area contributed by atoms with Crippen molar-refractivity contribution < 1.29 is 9.59 Å². The van der Waals surface area contributed by atoms with Crippen LogP contribution in [0.2, 0.25) is 0 Å². The minimum absolute atomic E-state index is 0. The molecule has 3 N–H and O–H groups in total. The number of thioether (sulfide) groups is 1. The normalized spacial score (nSPS) is 17.1. The molecule has 1 aromatic carbocycles. The highest BCUT2D eigenvalue weighted by Crippen LogP contribution is 2.24. The van der Waals surface area contributed by atoms with Gasteiger partial charge in [-0.1, -0.05) is 13.8 Å². The average molecular weight is 386 g/mol. The van der Waals surface area contributed by atoms with Crippen LogP contribution in [-0.4, -0.2) is 48.1 Å². The standard InChI is InChI=1S/C18H27N3O2S.ClH/c1-13(2)24-16-7-5-14(6-8-16)18(23)21-11-3-4-15(12-21)17(22)20-10-9-19;/h5-8,13,15H,3-4,9-12,19H2,1-2H3,(H,20,22);1H. The van der Waals surface area contributed by atoms with Crippen molar-refractivity contribution in [2.24, 2.45) is 11.7 Å². The maximum atomic E-state index is 12.7. The number of nitrogens with zero attached hydrogens (tertiary/aromatic N) is 1. The summed E-state index contributed by atoms with van der Waals surface area (Å²) in [5, 5.41) is 3.34. The molecule has 1 unspecified atom stereocenters. The van der Waals surface area contributed by atoms with Gasteiger partial charge in [-0.3, -0.25) is 9.59 Å². The van der Waals surface area contributed by atoms with E-state index < -0.39 is 0 Å². The summed E-state index contributed by atoms with van der Waals surface area (Å²) in [6.07, 6.45) is 1.68. The van der Waals surface area contributed by atoms with Crippen molar-refractivity contribution in [2.75, 3.05) is 26.2 Å². The zero-order chi connectivity index (χ0) is 17.5. The molecule has 2 amide bonds. The smallest absolute Gasteiger partial charge is 0.253 e. The molecule has 1 aliphatic heterocycles. The fourth-order valence-corrected chi connectivity index (χ4v) is 3.68. The molecule has 1 aromatic rings. The van der Waals surface area contributed by atoms with E-state index in [1.165, 1.54) is 4.90 Å². The second-order valence-corrected chi connectivity index (χ2v) is 8.01. The van der Waals surface area contributed by atoms with E-state index in [9.17, 15) is 9.59 Å². The Bertz CT molecular complexity index is 566. The highest BCUT2D eigenvalue weighted by atomic mass is 35.5. The zero-order valence-corrected chi connectivity index (χ0v) is 16.5. The predicted molar refractivity (Wildman–Crippen MR) is 105 cm³/mol. The van der Waals surface area contributed by atoms with E-state index in [1.54, 1.807) is 16.7 Å². The lowest BCUT2D eigenvalue weighted by atomic mass is 9.96. The lowest BCUT2D eigenvalue weighted by Gasteiger charge is -2.32. The Hall–Kier alpha value is -1.24. The van der Waals surface area contributed by atoms with Crippen molar-refractivity contribution >= 4 is 36.0 Å². The first-order valence-corrected chi connectivity index (χ1v) is 9.43. The van der Waals surface area contributed by atoms with Crippen LogP contribution in [0.5, 0.6) is 0 Å². The van der Waals surface area contributed by atoms with Crippen molar-refractivity contribution in [3.8, 4) is 0 Å². The third kappa shape index (κ3) is 6.53. The van der Waals surface area contributed by atoms with Gasteiger partial charge in [-0.25, -0.2) is 0 Å². The van der Waals surface area contributed by atoms with Crippen LogP contribution >= 0.6 is 24.2 Å². The molecule has 140 valence electrons. The SMILES string of the molecule is CC(C)Sc1ccc(C(=O)N2CCCC(C(=O)NCCN)C2)cc1.Cl. The Kier molecular flexibility index (Phi) is 9.32. The van der Waals surface area contributed by atoms with Gasteiger partial charge < -0.3 is 16.0 Å². The van der Waals surface area contributed by atoms with Gasteiger partial charge in [-0.2, -0.15) is 0 Å². The molecule has 0 aromatic heterocycles. The summed E-state index contributed by atoms with van der Waals surface area (Å²) in [5.41, 5.74) is 6.11. The highest BCUT2D eigenvalue weighted by molar-refractivity contribution is 7.99. The van der Waals surface area contributed by atoms with Gasteiger partial charge in [0.15, 0.2) is 0 Å². The number of carbonyl (C=O) groups excluding carboxylic acids is 2. The monoisotopic (exact) mass is 385 g/mol. The molecular weight excluding hydrogens is 358 g/mol. The van der Waals surface area contributed by atoms with Gasteiger partial charge in [0.1, 0.15) is 0 Å². The molecule has 1 aliphatic rings. The molecule has 0 bridgehead atoms. The van der Waals surface area contributed by atoms with Crippen LogP contribution in [0, 0.1) is 5.92 Å². The van der Waals surface area contributed by atoms with Gasteiger partial charge in [0.2, 0.25) is 5.91 Å². The third-order valence-electron chi connectivity index (χ3n) is 4.00. The van der Waals surface area contributed by atoms with Gasteiger partial charge in [0, 0.05) is 41.9 Å². The fraction of sp³-hybridized carbons (Fsp3) is 0.556. The molecule has 7 heteroatoms. The molecule has 2 rings (SSSR count). The molecule has 0 saturated carbocycles. The van der Waals surface area contributed by atoms with Crippen LogP contribution in [0.1, 0.15) is 37.0 Å². The van der Waals surface area contributed by atoms with E-state index in [1.807, 2.05) is 24.3 Å². The number of nitrogens with one attached hydrogen (secondary N) is 1. The number of hydrogen-bond acceptors (Lipinski definition) is 4. The van der Waals surface area contributed by atoms with Gasteiger partial charge in [0.25, 0.3) is 5.91 Å². The van der Waals surface area contributed by atoms with Gasteiger partial charge in [-0.05, 0) is 37.1 Å². The number of carbonyl (C=O) groups is 2. The summed E-state index contributed by atoms with van der Waals surface area (Å²) in [5.74, 6) is -0.126. The second kappa shape index (κ2) is 10.7. The summed E-state index contributed by atoms with van der Waals surface area (Å²) < 4.78 is 0.